The van der Waals surface area contributed by atoms with Crippen LogP contribution in [0.25, 0.3) is 0 Å². The summed E-state index contributed by atoms with van der Waals surface area (Å²) in [5.74, 6) is 2.94. The molecule has 1 atom stereocenters. The van der Waals surface area contributed by atoms with Crippen LogP contribution in [0, 0.1) is 11.8 Å². The SMILES string of the molecule is C=CCC1CCC(c2ccc(C3=N[C@@H](C(C)C)CO3)cc2)CC1. The standard InChI is InChI=1S/C21H29NO/c1-4-5-16-6-8-17(9-7-16)18-10-12-19(13-11-18)21-22-20(14-23-21)15(2)3/h4,10-13,15-17,20H,1,5-9,14H2,2-3H3/t16?,17?,20-/m1/s1. The maximum atomic E-state index is 5.78. The van der Waals surface area contributed by atoms with Crippen molar-refractivity contribution < 1.29 is 4.74 Å². The summed E-state index contributed by atoms with van der Waals surface area (Å²) in [6.45, 7) is 9.00. The zero-order valence-corrected chi connectivity index (χ0v) is 14.5. The van der Waals surface area contributed by atoms with E-state index in [0.717, 1.165) is 29.9 Å². The zero-order valence-electron chi connectivity index (χ0n) is 14.5. The van der Waals surface area contributed by atoms with Gasteiger partial charge >= 0.3 is 0 Å². The summed E-state index contributed by atoms with van der Waals surface area (Å²) >= 11 is 0. The Bertz CT molecular complexity index is 550. The van der Waals surface area contributed by atoms with Crippen molar-refractivity contribution in [3.63, 3.8) is 0 Å². The fourth-order valence-electron chi connectivity index (χ4n) is 3.75. The van der Waals surface area contributed by atoms with Crippen LogP contribution < -0.4 is 0 Å². The lowest BCUT2D eigenvalue weighted by Gasteiger charge is -2.28. The molecule has 2 heteroatoms. The molecule has 2 aliphatic rings. The smallest absolute Gasteiger partial charge is 0.216 e. The van der Waals surface area contributed by atoms with Crippen molar-refractivity contribution in [3.05, 3.63) is 48.0 Å². The predicted molar refractivity (Wildman–Crippen MR) is 97.1 cm³/mol. The van der Waals surface area contributed by atoms with Gasteiger partial charge in [-0.3, -0.25) is 0 Å². The Hall–Kier alpha value is -1.57. The molecule has 1 heterocycles. The highest BCUT2D eigenvalue weighted by molar-refractivity contribution is 5.95. The molecule has 124 valence electrons. The second-order valence-electron chi connectivity index (χ2n) is 7.42. The van der Waals surface area contributed by atoms with Crippen molar-refractivity contribution in [2.24, 2.45) is 16.8 Å². The molecule has 0 aromatic heterocycles. The van der Waals surface area contributed by atoms with Gasteiger partial charge in [0.1, 0.15) is 6.61 Å². The summed E-state index contributed by atoms with van der Waals surface area (Å²) in [7, 11) is 0. The average Bonchev–Trinajstić information content (AvgIpc) is 3.06. The summed E-state index contributed by atoms with van der Waals surface area (Å²) in [6, 6.07) is 9.24. The lowest BCUT2D eigenvalue weighted by atomic mass is 9.77. The fraction of sp³-hybridized carbons (Fsp3) is 0.571. The quantitative estimate of drug-likeness (QED) is 0.673. The third kappa shape index (κ3) is 3.85. The van der Waals surface area contributed by atoms with Gasteiger partial charge in [-0.2, -0.15) is 0 Å². The van der Waals surface area contributed by atoms with Gasteiger partial charge in [-0.15, -0.1) is 6.58 Å². The molecule has 0 bridgehead atoms. The van der Waals surface area contributed by atoms with Gasteiger partial charge in [0.25, 0.3) is 0 Å². The van der Waals surface area contributed by atoms with E-state index in [0.29, 0.717) is 12.0 Å². The number of ether oxygens (including phenoxy) is 1. The van der Waals surface area contributed by atoms with Gasteiger partial charge in [0.15, 0.2) is 0 Å². The van der Waals surface area contributed by atoms with Crippen molar-refractivity contribution in [2.45, 2.75) is 57.9 Å². The molecule has 3 rings (SSSR count). The zero-order chi connectivity index (χ0) is 16.2. The monoisotopic (exact) mass is 311 g/mol. The van der Waals surface area contributed by atoms with Gasteiger partial charge in [-0.05, 0) is 67.6 Å². The van der Waals surface area contributed by atoms with E-state index < -0.39 is 0 Å². The molecule has 0 radical (unpaired) electrons. The highest BCUT2D eigenvalue weighted by Gasteiger charge is 2.24. The largest absolute Gasteiger partial charge is 0.475 e. The third-order valence-electron chi connectivity index (χ3n) is 5.42. The summed E-state index contributed by atoms with van der Waals surface area (Å²) in [5, 5.41) is 0. The van der Waals surface area contributed by atoms with Crippen LogP contribution in [0.4, 0.5) is 0 Å². The Morgan fingerprint density at radius 2 is 1.87 bits per heavy atom. The van der Waals surface area contributed by atoms with Gasteiger partial charge in [-0.1, -0.05) is 32.1 Å². The molecule has 1 aromatic rings. The van der Waals surface area contributed by atoms with Crippen LogP contribution in [-0.4, -0.2) is 18.5 Å². The Morgan fingerprint density at radius 1 is 1.17 bits per heavy atom. The molecule has 0 unspecified atom stereocenters. The molecular weight excluding hydrogens is 282 g/mol. The summed E-state index contributed by atoms with van der Waals surface area (Å²) in [5.41, 5.74) is 2.60. The van der Waals surface area contributed by atoms with E-state index in [-0.39, 0.29) is 0 Å². The number of benzene rings is 1. The molecule has 0 amide bonds. The normalized spacial score (nSPS) is 27.6. The number of allylic oxidation sites excluding steroid dienone is 1. The lowest BCUT2D eigenvalue weighted by Crippen LogP contribution is -2.13. The minimum Gasteiger partial charge on any atom is -0.475 e. The second-order valence-corrected chi connectivity index (χ2v) is 7.42. The first-order valence-corrected chi connectivity index (χ1v) is 9.09. The second kappa shape index (κ2) is 7.33. The molecule has 1 saturated carbocycles. The number of hydrogen-bond acceptors (Lipinski definition) is 2. The van der Waals surface area contributed by atoms with Crippen LogP contribution in [0.1, 0.15) is 63.0 Å². The van der Waals surface area contributed by atoms with Crippen LogP contribution in [0.15, 0.2) is 41.9 Å². The maximum Gasteiger partial charge on any atom is 0.216 e. The number of hydrogen-bond donors (Lipinski definition) is 0. The van der Waals surface area contributed by atoms with Crippen molar-refractivity contribution in [3.8, 4) is 0 Å². The average molecular weight is 311 g/mol. The maximum absolute atomic E-state index is 5.78. The van der Waals surface area contributed by atoms with Crippen LogP contribution >= 0.6 is 0 Å². The van der Waals surface area contributed by atoms with E-state index in [1.807, 2.05) is 0 Å². The number of aliphatic imine (C=N–C) groups is 1. The van der Waals surface area contributed by atoms with Crippen molar-refractivity contribution in [1.29, 1.82) is 0 Å². The minimum absolute atomic E-state index is 0.310. The first-order chi connectivity index (χ1) is 11.2. The molecule has 0 saturated heterocycles. The number of rotatable bonds is 5. The van der Waals surface area contributed by atoms with E-state index in [4.69, 9.17) is 9.73 Å². The van der Waals surface area contributed by atoms with Crippen LogP contribution in [0.5, 0.6) is 0 Å². The van der Waals surface area contributed by atoms with Crippen LogP contribution in [0.3, 0.4) is 0 Å². The van der Waals surface area contributed by atoms with E-state index >= 15 is 0 Å². The Balaban J connectivity index is 1.62. The highest BCUT2D eigenvalue weighted by Crippen LogP contribution is 2.37. The first kappa shape index (κ1) is 16.3. The molecule has 1 aliphatic heterocycles. The van der Waals surface area contributed by atoms with Gasteiger partial charge < -0.3 is 4.74 Å². The van der Waals surface area contributed by atoms with E-state index in [2.05, 4.69) is 50.8 Å². The molecule has 2 nitrogen and oxygen atoms in total. The molecule has 1 fully saturated rings. The van der Waals surface area contributed by atoms with Gasteiger partial charge in [0.2, 0.25) is 5.90 Å². The molecule has 1 aliphatic carbocycles. The van der Waals surface area contributed by atoms with E-state index in [1.54, 1.807) is 0 Å². The van der Waals surface area contributed by atoms with Crippen LogP contribution in [-0.2, 0) is 4.74 Å². The first-order valence-electron chi connectivity index (χ1n) is 9.09. The van der Waals surface area contributed by atoms with Gasteiger partial charge in [0.05, 0.1) is 6.04 Å². The van der Waals surface area contributed by atoms with Crippen molar-refractivity contribution in [2.75, 3.05) is 6.61 Å². The Morgan fingerprint density at radius 3 is 2.43 bits per heavy atom. The molecule has 0 spiro atoms. The molecular formula is C21H29NO. The van der Waals surface area contributed by atoms with E-state index in [9.17, 15) is 0 Å². The summed E-state index contributed by atoms with van der Waals surface area (Å²) < 4.78 is 5.78. The molecule has 1 aromatic carbocycles. The molecule has 0 N–H and O–H groups in total. The molecule has 23 heavy (non-hydrogen) atoms. The predicted octanol–water partition coefficient (Wildman–Crippen LogP) is 5.34. The van der Waals surface area contributed by atoms with Crippen LogP contribution in [0.2, 0.25) is 0 Å². The topological polar surface area (TPSA) is 21.6 Å². The minimum atomic E-state index is 0.310. The van der Waals surface area contributed by atoms with E-state index in [1.165, 1.54) is 37.7 Å². The third-order valence-corrected chi connectivity index (χ3v) is 5.42. The van der Waals surface area contributed by atoms with Gasteiger partial charge in [0, 0.05) is 5.56 Å². The highest BCUT2D eigenvalue weighted by atomic mass is 16.5. The summed E-state index contributed by atoms with van der Waals surface area (Å²) in [4.78, 5) is 4.72. The Kier molecular flexibility index (Phi) is 5.20. The van der Waals surface area contributed by atoms with Gasteiger partial charge in [-0.25, -0.2) is 4.99 Å². The summed E-state index contributed by atoms with van der Waals surface area (Å²) in [6.07, 6.45) is 8.55. The Labute approximate surface area is 140 Å². The fourth-order valence-corrected chi connectivity index (χ4v) is 3.75. The van der Waals surface area contributed by atoms with Crippen molar-refractivity contribution in [1.82, 2.24) is 0 Å². The van der Waals surface area contributed by atoms with Crippen molar-refractivity contribution >= 4 is 5.90 Å². The lowest BCUT2D eigenvalue weighted by molar-refractivity contribution is 0.292. The number of nitrogens with zero attached hydrogens (tertiary/aromatic N) is 1.